The number of hydrogen-bond donors (Lipinski definition) is 3. The molecular formula is C35H71N3O2. The summed E-state index contributed by atoms with van der Waals surface area (Å²) in [7, 11) is 0. The predicted molar refractivity (Wildman–Crippen MR) is 175 cm³/mol. The normalized spacial score (nSPS) is 12.1. The summed E-state index contributed by atoms with van der Waals surface area (Å²) in [5, 5.41) is 6.54. The van der Waals surface area contributed by atoms with E-state index in [0.717, 1.165) is 58.0 Å². The number of unbranched alkanes of at least 4 members (excludes halogenated alkanes) is 20. The molecule has 0 spiro atoms. The van der Waals surface area contributed by atoms with Gasteiger partial charge < -0.3 is 16.4 Å². The summed E-state index contributed by atoms with van der Waals surface area (Å²) in [6.07, 6.45) is 32.1. The number of carbonyl (C=O) groups excluding carboxylic acids is 2. The molecule has 4 N–H and O–H groups in total. The van der Waals surface area contributed by atoms with Crippen molar-refractivity contribution in [2.45, 2.75) is 193 Å². The van der Waals surface area contributed by atoms with Gasteiger partial charge in [-0.2, -0.15) is 0 Å². The summed E-state index contributed by atoms with van der Waals surface area (Å²) < 4.78 is 0. The van der Waals surface area contributed by atoms with Crippen molar-refractivity contribution >= 4 is 11.7 Å². The lowest BCUT2D eigenvalue weighted by Crippen LogP contribution is -2.30. The van der Waals surface area contributed by atoms with Gasteiger partial charge in [-0.05, 0) is 58.0 Å². The standard InChI is InChI=1S/C35H71N3O2/c1-3-5-7-8-9-10-11-12-13-14-17-20-23-29-35(40)38-32-26-24-27-33(36)34(39)28-22-19-16-15-18-21-25-31-37-30-6-4-2/h33,37H,3-32,36H2,1-2H3,(H,38,40)/t33-/m1/s1. The lowest BCUT2D eigenvalue weighted by Gasteiger charge is -2.11. The molecule has 0 radical (unpaired) electrons. The summed E-state index contributed by atoms with van der Waals surface area (Å²) in [5.74, 6) is 0.386. The van der Waals surface area contributed by atoms with E-state index in [-0.39, 0.29) is 17.7 Å². The molecule has 0 heterocycles. The number of ketones is 1. The Labute approximate surface area is 250 Å². The Morgan fingerprint density at radius 3 is 1.48 bits per heavy atom. The maximum absolute atomic E-state index is 12.3. The second-order valence-electron chi connectivity index (χ2n) is 12.2. The third-order valence-corrected chi connectivity index (χ3v) is 8.17. The van der Waals surface area contributed by atoms with E-state index < -0.39 is 0 Å². The van der Waals surface area contributed by atoms with Crippen molar-refractivity contribution < 1.29 is 9.59 Å². The van der Waals surface area contributed by atoms with Crippen LogP contribution < -0.4 is 16.4 Å². The van der Waals surface area contributed by atoms with E-state index in [1.807, 2.05) is 0 Å². The van der Waals surface area contributed by atoms with Gasteiger partial charge in [-0.1, -0.05) is 129 Å². The maximum Gasteiger partial charge on any atom is 0.219 e. The van der Waals surface area contributed by atoms with Crippen LogP contribution in [0.1, 0.15) is 187 Å². The van der Waals surface area contributed by atoms with Gasteiger partial charge in [0.25, 0.3) is 0 Å². The molecule has 0 fully saturated rings. The fraction of sp³-hybridized carbons (Fsp3) is 0.943. The Hall–Kier alpha value is -0.940. The Kier molecular flexibility index (Phi) is 31.8. The van der Waals surface area contributed by atoms with Crippen LogP contribution in [0.25, 0.3) is 0 Å². The van der Waals surface area contributed by atoms with Crippen molar-refractivity contribution in [3.8, 4) is 0 Å². The Bertz CT molecular complexity index is 541. The molecule has 0 aliphatic carbocycles. The van der Waals surface area contributed by atoms with Crippen LogP contribution in [0.15, 0.2) is 0 Å². The van der Waals surface area contributed by atoms with Gasteiger partial charge in [0.15, 0.2) is 0 Å². The highest BCUT2D eigenvalue weighted by atomic mass is 16.1. The van der Waals surface area contributed by atoms with E-state index in [2.05, 4.69) is 24.5 Å². The second kappa shape index (κ2) is 32.6. The van der Waals surface area contributed by atoms with Crippen molar-refractivity contribution in [3.05, 3.63) is 0 Å². The Morgan fingerprint density at radius 1 is 0.500 bits per heavy atom. The number of amides is 1. The largest absolute Gasteiger partial charge is 0.356 e. The van der Waals surface area contributed by atoms with Gasteiger partial charge in [-0.25, -0.2) is 0 Å². The van der Waals surface area contributed by atoms with Crippen molar-refractivity contribution in [2.24, 2.45) is 5.73 Å². The molecule has 0 aliphatic heterocycles. The van der Waals surface area contributed by atoms with Crippen LogP contribution >= 0.6 is 0 Å². The zero-order valence-corrected chi connectivity index (χ0v) is 27.2. The summed E-state index contributed by atoms with van der Waals surface area (Å²) in [6, 6.07) is -0.332. The van der Waals surface area contributed by atoms with E-state index in [1.165, 1.54) is 116 Å². The summed E-state index contributed by atoms with van der Waals surface area (Å²) in [6.45, 7) is 7.51. The summed E-state index contributed by atoms with van der Waals surface area (Å²) in [5.41, 5.74) is 6.12. The number of rotatable bonds is 33. The molecule has 0 aromatic heterocycles. The highest BCUT2D eigenvalue weighted by Gasteiger charge is 2.12. The molecule has 0 rings (SSSR count). The van der Waals surface area contributed by atoms with Crippen LogP contribution in [0.3, 0.4) is 0 Å². The van der Waals surface area contributed by atoms with Crippen molar-refractivity contribution in [1.82, 2.24) is 10.6 Å². The van der Waals surface area contributed by atoms with E-state index in [9.17, 15) is 9.59 Å². The minimum Gasteiger partial charge on any atom is -0.356 e. The minimum atomic E-state index is -0.332. The number of hydrogen-bond acceptors (Lipinski definition) is 4. The monoisotopic (exact) mass is 566 g/mol. The van der Waals surface area contributed by atoms with Gasteiger partial charge in [0.2, 0.25) is 5.91 Å². The smallest absolute Gasteiger partial charge is 0.219 e. The number of carbonyl (C=O) groups is 2. The van der Waals surface area contributed by atoms with Gasteiger partial charge in [-0.3, -0.25) is 9.59 Å². The number of nitrogens with two attached hydrogens (primary N) is 1. The van der Waals surface area contributed by atoms with E-state index in [1.54, 1.807) is 0 Å². The molecule has 0 aromatic rings. The highest BCUT2D eigenvalue weighted by Crippen LogP contribution is 2.13. The lowest BCUT2D eigenvalue weighted by molar-refractivity contribution is -0.122. The van der Waals surface area contributed by atoms with Crippen LogP contribution in [0.2, 0.25) is 0 Å². The molecule has 0 aliphatic rings. The Balaban J connectivity index is 3.38. The second-order valence-corrected chi connectivity index (χ2v) is 12.2. The fourth-order valence-electron chi connectivity index (χ4n) is 5.32. The quantitative estimate of drug-likeness (QED) is 0.0693. The summed E-state index contributed by atoms with van der Waals surface area (Å²) in [4.78, 5) is 24.3. The molecule has 0 saturated carbocycles. The van der Waals surface area contributed by atoms with Gasteiger partial charge in [0.1, 0.15) is 5.78 Å². The molecule has 40 heavy (non-hydrogen) atoms. The zero-order valence-electron chi connectivity index (χ0n) is 27.2. The van der Waals surface area contributed by atoms with Gasteiger partial charge in [-0.15, -0.1) is 0 Å². The van der Waals surface area contributed by atoms with Gasteiger partial charge in [0, 0.05) is 19.4 Å². The van der Waals surface area contributed by atoms with Crippen LogP contribution in [0.4, 0.5) is 0 Å². The third kappa shape index (κ3) is 30.0. The van der Waals surface area contributed by atoms with Gasteiger partial charge >= 0.3 is 0 Å². The third-order valence-electron chi connectivity index (χ3n) is 8.17. The Morgan fingerprint density at radius 2 is 0.925 bits per heavy atom. The molecule has 238 valence electrons. The molecule has 0 unspecified atom stereocenters. The highest BCUT2D eigenvalue weighted by molar-refractivity contribution is 5.83. The first kappa shape index (κ1) is 39.1. The van der Waals surface area contributed by atoms with E-state index in [4.69, 9.17) is 5.73 Å². The molecular weight excluding hydrogens is 494 g/mol. The predicted octanol–water partition coefficient (Wildman–Crippen LogP) is 9.16. The molecule has 5 heteroatoms. The molecule has 0 saturated heterocycles. The topological polar surface area (TPSA) is 84.2 Å². The average Bonchev–Trinajstić information content (AvgIpc) is 2.95. The minimum absolute atomic E-state index is 0.173. The van der Waals surface area contributed by atoms with Crippen molar-refractivity contribution in [3.63, 3.8) is 0 Å². The molecule has 0 bridgehead atoms. The number of Topliss-reactive ketones (excluding diaryl/α,β-unsaturated/α-hetero) is 1. The average molecular weight is 566 g/mol. The SMILES string of the molecule is CCCCCCCCCCCCCCCC(=O)NCCCC[C@@H](N)C(=O)CCCCCCCCCNCCCC. The van der Waals surface area contributed by atoms with E-state index in [0.29, 0.717) is 19.4 Å². The maximum atomic E-state index is 12.3. The zero-order chi connectivity index (χ0) is 29.4. The van der Waals surface area contributed by atoms with Crippen LogP contribution in [-0.4, -0.2) is 37.4 Å². The molecule has 1 atom stereocenters. The lowest BCUT2D eigenvalue weighted by atomic mass is 10.0. The van der Waals surface area contributed by atoms with Crippen LogP contribution in [-0.2, 0) is 9.59 Å². The van der Waals surface area contributed by atoms with Crippen molar-refractivity contribution in [1.29, 1.82) is 0 Å². The molecule has 1 amide bonds. The first-order valence-corrected chi connectivity index (χ1v) is 17.9. The van der Waals surface area contributed by atoms with Crippen LogP contribution in [0.5, 0.6) is 0 Å². The number of nitrogens with one attached hydrogen (secondary N) is 2. The first-order valence-electron chi connectivity index (χ1n) is 17.9. The summed E-state index contributed by atoms with van der Waals surface area (Å²) >= 11 is 0. The molecule has 0 aromatic carbocycles. The fourth-order valence-corrected chi connectivity index (χ4v) is 5.32. The van der Waals surface area contributed by atoms with Gasteiger partial charge in [0.05, 0.1) is 6.04 Å². The van der Waals surface area contributed by atoms with Crippen LogP contribution in [0, 0.1) is 0 Å². The first-order chi connectivity index (χ1) is 19.6. The molecule has 5 nitrogen and oxygen atoms in total. The van der Waals surface area contributed by atoms with Crippen molar-refractivity contribution in [2.75, 3.05) is 19.6 Å². The van der Waals surface area contributed by atoms with E-state index >= 15 is 0 Å².